The second kappa shape index (κ2) is 6.83. The van der Waals surface area contributed by atoms with E-state index in [4.69, 9.17) is 0 Å². The van der Waals surface area contributed by atoms with Crippen LogP contribution in [0.2, 0.25) is 0 Å². The van der Waals surface area contributed by atoms with Crippen LogP contribution >= 0.6 is 0 Å². The number of hydrogen-bond acceptors (Lipinski definition) is 4. The second-order valence-corrected chi connectivity index (χ2v) is 9.97. The summed E-state index contributed by atoms with van der Waals surface area (Å²) in [6.07, 6.45) is 7.06. The fourth-order valence-electron chi connectivity index (χ4n) is 5.77. The molecular formula is C22H33N5O2. The molecule has 7 nitrogen and oxygen atoms in total. The molecule has 1 saturated carbocycles. The Bertz CT molecular complexity index is 764. The highest BCUT2D eigenvalue weighted by molar-refractivity contribution is 5.82. The quantitative estimate of drug-likeness (QED) is 0.718. The lowest BCUT2D eigenvalue weighted by molar-refractivity contribution is -0.121. The van der Waals surface area contributed by atoms with Gasteiger partial charge in [-0.25, -0.2) is 4.79 Å². The maximum absolute atomic E-state index is 12.7. The zero-order chi connectivity index (χ0) is 20.2. The number of allylic oxidation sites excluding steroid dienone is 1. The van der Waals surface area contributed by atoms with Gasteiger partial charge in [-0.15, -0.1) is 0 Å². The number of carbonyl (C=O) groups is 2. The Morgan fingerprint density at radius 1 is 1.17 bits per heavy atom. The summed E-state index contributed by atoms with van der Waals surface area (Å²) in [5, 5.41) is 3.05. The van der Waals surface area contributed by atoms with Crippen molar-refractivity contribution < 1.29 is 9.59 Å². The van der Waals surface area contributed by atoms with Crippen LogP contribution in [0.3, 0.4) is 0 Å². The SMILES string of the molecule is CC=N/C(=C(\CC)CN1CC2(C1)CN(C(=O)N1CC3(CCC(=O)N3)C1)C2)C1CC1. The summed E-state index contributed by atoms with van der Waals surface area (Å²) in [6, 6.07) is 0.156. The normalized spacial score (nSPS) is 28.3. The van der Waals surface area contributed by atoms with E-state index in [1.807, 2.05) is 22.9 Å². The van der Waals surface area contributed by atoms with Crippen LogP contribution < -0.4 is 5.32 Å². The van der Waals surface area contributed by atoms with Gasteiger partial charge in [0.1, 0.15) is 0 Å². The molecule has 1 aliphatic carbocycles. The Morgan fingerprint density at radius 2 is 1.86 bits per heavy atom. The molecule has 4 aliphatic heterocycles. The molecule has 29 heavy (non-hydrogen) atoms. The van der Waals surface area contributed by atoms with Crippen LogP contribution in [0.5, 0.6) is 0 Å². The van der Waals surface area contributed by atoms with Crippen LogP contribution in [-0.2, 0) is 4.79 Å². The maximum atomic E-state index is 12.7. The van der Waals surface area contributed by atoms with Gasteiger partial charge in [0, 0.05) is 75.5 Å². The van der Waals surface area contributed by atoms with Crippen molar-refractivity contribution in [3.05, 3.63) is 11.3 Å². The van der Waals surface area contributed by atoms with E-state index < -0.39 is 0 Å². The van der Waals surface area contributed by atoms with Crippen LogP contribution in [0, 0.1) is 11.3 Å². The lowest BCUT2D eigenvalue weighted by atomic mass is 9.72. The predicted molar refractivity (Wildman–Crippen MR) is 112 cm³/mol. The van der Waals surface area contributed by atoms with Crippen LogP contribution in [0.4, 0.5) is 4.79 Å². The fourth-order valence-corrected chi connectivity index (χ4v) is 5.77. The van der Waals surface area contributed by atoms with Gasteiger partial charge in [-0.1, -0.05) is 6.92 Å². The highest BCUT2D eigenvalue weighted by atomic mass is 16.2. The van der Waals surface area contributed by atoms with E-state index in [0.29, 0.717) is 30.8 Å². The first-order valence-electron chi connectivity index (χ1n) is 11.2. The third kappa shape index (κ3) is 3.37. The van der Waals surface area contributed by atoms with Crippen molar-refractivity contribution in [3.8, 4) is 0 Å². The predicted octanol–water partition coefficient (Wildman–Crippen LogP) is 1.85. The standard InChI is InChI=1S/C22H33N5O2/c1-3-16(19(23-4-2)17-5-6-17)9-25-10-21(11-25)12-26(13-21)20(29)27-14-22(15-27)8-7-18(28)24-22/h4,17H,3,5-15H2,1-2H3,(H,24,28)/b19-16+,23-4?. The molecule has 0 aromatic rings. The van der Waals surface area contributed by atoms with Gasteiger partial charge in [0.05, 0.1) is 5.54 Å². The zero-order valence-corrected chi connectivity index (χ0v) is 17.7. The Kier molecular flexibility index (Phi) is 4.49. The number of rotatable bonds is 5. The maximum Gasteiger partial charge on any atom is 0.320 e. The molecule has 1 N–H and O–H groups in total. The van der Waals surface area contributed by atoms with Crippen molar-refractivity contribution >= 4 is 18.2 Å². The van der Waals surface area contributed by atoms with Crippen molar-refractivity contribution in [2.24, 2.45) is 16.3 Å². The summed E-state index contributed by atoms with van der Waals surface area (Å²) < 4.78 is 0. The molecule has 0 bridgehead atoms. The molecule has 0 unspecified atom stereocenters. The minimum absolute atomic E-state index is 0.119. The summed E-state index contributed by atoms with van der Waals surface area (Å²) in [6.45, 7) is 10.6. The topological polar surface area (TPSA) is 68.2 Å². The first-order chi connectivity index (χ1) is 13.9. The Labute approximate surface area is 173 Å². The number of hydrogen-bond donors (Lipinski definition) is 1. The van der Waals surface area contributed by atoms with E-state index in [1.54, 1.807) is 0 Å². The summed E-state index contributed by atoms with van der Waals surface area (Å²) in [4.78, 5) is 35.3. The van der Waals surface area contributed by atoms with E-state index in [9.17, 15) is 9.59 Å². The van der Waals surface area contributed by atoms with E-state index in [-0.39, 0.29) is 17.5 Å². The number of aliphatic imine (C=N–C) groups is 1. The third-order valence-electron chi connectivity index (χ3n) is 7.37. The van der Waals surface area contributed by atoms with Gasteiger partial charge in [0.15, 0.2) is 0 Å². The highest BCUT2D eigenvalue weighted by Gasteiger charge is 2.56. The molecule has 4 saturated heterocycles. The second-order valence-electron chi connectivity index (χ2n) is 9.97. The monoisotopic (exact) mass is 399 g/mol. The molecule has 7 heteroatoms. The lowest BCUT2D eigenvalue weighted by Crippen LogP contribution is -2.77. The first kappa shape index (κ1) is 19.1. The third-order valence-corrected chi connectivity index (χ3v) is 7.37. The lowest BCUT2D eigenvalue weighted by Gasteiger charge is -2.62. The zero-order valence-electron chi connectivity index (χ0n) is 17.7. The van der Waals surface area contributed by atoms with E-state index in [0.717, 1.165) is 45.6 Å². The van der Waals surface area contributed by atoms with Crippen molar-refractivity contribution in [2.45, 2.75) is 51.5 Å². The summed E-state index contributed by atoms with van der Waals surface area (Å²) >= 11 is 0. The number of amides is 3. The Hall–Kier alpha value is -1.89. The van der Waals surface area contributed by atoms with Crippen molar-refractivity contribution in [3.63, 3.8) is 0 Å². The van der Waals surface area contributed by atoms with Crippen LogP contribution in [-0.4, -0.2) is 84.2 Å². The molecule has 4 heterocycles. The van der Waals surface area contributed by atoms with Crippen LogP contribution in [0.25, 0.3) is 0 Å². The van der Waals surface area contributed by atoms with Gasteiger partial charge in [-0.2, -0.15) is 0 Å². The van der Waals surface area contributed by atoms with E-state index >= 15 is 0 Å². The summed E-state index contributed by atoms with van der Waals surface area (Å²) in [5.74, 6) is 0.821. The number of carbonyl (C=O) groups excluding carboxylic acids is 2. The number of nitrogens with one attached hydrogen (secondary N) is 1. The van der Waals surface area contributed by atoms with Crippen LogP contribution in [0.1, 0.15) is 46.0 Å². The molecule has 0 aromatic heterocycles. The van der Waals surface area contributed by atoms with Gasteiger partial charge in [-0.3, -0.25) is 14.7 Å². The van der Waals surface area contributed by atoms with Gasteiger partial charge in [-0.05, 0) is 38.2 Å². The molecule has 5 rings (SSSR count). The molecule has 0 aromatic carbocycles. The van der Waals surface area contributed by atoms with Gasteiger partial charge in [0.2, 0.25) is 5.91 Å². The van der Waals surface area contributed by atoms with E-state index in [2.05, 4.69) is 22.1 Å². The minimum Gasteiger partial charge on any atom is -0.347 e. The minimum atomic E-state index is -0.119. The number of likely N-dealkylation sites (tertiary alicyclic amines) is 3. The van der Waals surface area contributed by atoms with Gasteiger partial charge in [0.25, 0.3) is 0 Å². The molecule has 0 radical (unpaired) electrons. The summed E-state index contributed by atoms with van der Waals surface area (Å²) in [7, 11) is 0. The Balaban J connectivity index is 1.09. The molecule has 0 atom stereocenters. The molecule has 158 valence electrons. The van der Waals surface area contributed by atoms with E-state index in [1.165, 1.54) is 24.1 Å². The molecule has 2 spiro atoms. The first-order valence-corrected chi connectivity index (χ1v) is 11.2. The fraction of sp³-hybridized carbons (Fsp3) is 0.773. The number of urea groups is 1. The van der Waals surface area contributed by atoms with Crippen molar-refractivity contribution in [1.29, 1.82) is 0 Å². The average Bonchev–Trinajstić information content (AvgIpc) is 3.37. The summed E-state index contributed by atoms with van der Waals surface area (Å²) in [5.41, 5.74) is 3.03. The average molecular weight is 400 g/mol. The smallest absolute Gasteiger partial charge is 0.320 e. The molecule has 5 aliphatic rings. The Morgan fingerprint density at radius 3 is 2.41 bits per heavy atom. The van der Waals surface area contributed by atoms with Crippen molar-refractivity contribution in [2.75, 3.05) is 45.8 Å². The van der Waals surface area contributed by atoms with Crippen LogP contribution in [0.15, 0.2) is 16.3 Å². The van der Waals surface area contributed by atoms with Gasteiger partial charge >= 0.3 is 6.03 Å². The molecule has 3 amide bonds. The molecular weight excluding hydrogens is 366 g/mol. The van der Waals surface area contributed by atoms with Crippen molar-refractivity contribution in [1.82, 2.24) is 20.0 Å². The highest BCUT2D eigenvalue weighted by Crippen LogP contribution is 2.43. The van der Waals surface area contributed by atoms with Gasteiger partial charge < -0.3 is 15.1 Å². The number of nitrogens with zero attached hydrogens (tertiary/aromatic N) is 4. The molecule has 5 fully saturated rings. The largest absolute Gasteiger partial charge is 0.347 e.